The first-order chi connectivity index (χ1) is 16.1. The van der Waals surface area contributed by atoms with E-state index in [9.17, 15) is 9.18 Å². The third-order valence-corrected chi connectivity index (χ3v) is 5.98. The Morgan fingerprint density at radius 3 is 2.76 bits per heavy atom. The van der Waals surface area contributed by atoms with Gasteiger partial charge in [0.15, 0.2) is 5.11 Å². The highest BCUT2D eigenvalue weighted by atomic mass is 32.1. The largest absolute Gasteiger partial charge is 0.383 e. The number of para-hydroxylation sites is 1. The second kappa shape index (κ2) is 10.5. The lowest BCUT2D eigenvalue weighted by Gasteiger charge is -2.28. The molecular weight excluding hydrogens is 441 g/mol. The summed E-state index contributed by atoms with van der Waals surface area (Å²) in [5, 5.41) is 6.58. The number of aromatic nitrogens is 2. The van der Waals surface area contributed by atoms with Crippen LogP contribution in [0.5, 0.6) is 0 Å². The summed E-state index contributed by atoms with van der Waals surface area (Å²) >= 11 is 5.66. The number of hydrogen-bond acceptors (Lipinski definition) is 4. The van der Waals surface area contributed by atoms with E-state index in [1.165, 1.54) is 12.1 Å². The van der Waals surface area contributed by atoms with E-state index in [1.54, 1.807) is 25.4 Å². The van der Waals surface area contributed by atoms with Crippen LogP contribution in [0.4, 0.5) is 10.1 Å². The molecule has 7 nitrogen and oxygen atoms in total. The molecule has 172 valence electrons. The Balaban J connectivity index is 1.56. The molecule has 4 rings (SSSR count). The third kappa shape index (κ3) is 5.20. The van der Waals surface area contributed by atoms with E-state index in [0.717, 1.165) is 11.4 Å². The first-order valence-corrected chi connectivity index (χ1v) is 11.2. The van der Waals surface area contributed by atoms with Crippen molar-refractivity contribution in [2.24, 2.45) is 0 Å². The molecule has 33 heavy (non-hydrogen) atoms. The summed E-state index contributed by atoms with van der Waals surface area (Å²) in [4.78, 5) is 19.1. The second-order valence-corrected chi connectivity index (χ2v) is 8.10. The predicted octanol–water partition coefficient (Wildman–Crippen LogP) is 3.67. The quantitative estimate of drug-likeness (QED) is 0.468. The highest BCUT2D eigenvalue weighted by Crippen LogP contribution is 2.38. The van der Waals surface area contributed by atoms with Gasteiger partial charge in [-0.3, -0.25) is 9.78 Å². The van der Waals surface area contributed by atoms with Gasteiger partial charge in [-0.1, -0.05) is 18.2 Å². The van der Waals surface area contributed by atoms with Gasteiger partial charge >= 0.3 is 0 Å². The number of methoxy groups -OCH3 is 1. The van der Waals surface area contributed by atoms with Crippen LogP contribution in [-0.2, 0) is 16.1 Å². The van der Waals surface area contributed by atoms with E-state index >= 15 is 0 Å². The average Bonchev–Trinajstić information content (AvgIpc) is 3.42. The van der Waals surface area contributed by atoms with Gasteiger partial charge in [0.1, 0.15) is 5.82 Å². The lowest BCUT2D eigenvalue weighted by Crippen LogP contribution is -2.33. The number of amides is 1. The Bertz CT molecular complexity index is 1110. The molecule has 0 spiro atoms. The SMILES string of the molecule is COCCn1cccc1C1C(c2ccccn2)NC(=S)N1CCC(=O)Nc1ccccc1F. The van der Waals surface area contributed by atoms with E-state index < -0.39 is 5.82 Å². The number of pyridine rings is 1. The number of nitrogens with zero attached hydrogens (tertiary/aromatic N) is 3. The third-order valence-electron chi connectivity index (χ3n) is 5.63. The minimum absolute atomic E-state index is 0.153. The van der Waals surface area contributed by atoms with Crippen molar-refractivity contribution in [1.82, 2.24) is 19.8 Å². The zero-order valence-corrected chi connectivity index (χ0v) is 19.1. The number of rotatable bonds is 9. The van der Waals surface area contributed by atoms with Gasteiger partial charge < -0.3 is 24.8 Å². The van der Waals surface area contributed by atoms with Crippen LogP contribution in [-0.4, -0.2) is 45.7 Å². The van der Waals surface area contributed by atoms with E-state index in [0.29, 0.717) is 24.8 Å². The van der Waals surface area contributed by atoms with E-state index in [1.807, 2.05) is 35.4 Å². The van der Waals surface area contributed by atoms with Gasteiger partial charge in [-0.05, 0) is 48.6 Å². The van der Waals surface area contributed by atoms with Crippen LogP contribution >= 0.6 is 12.2 Å². The summed E-state index contributed by atoms with van der Waals surface area (Å²) in [7, 11) is 1.67. The summed E-state index contributed by atoms with van der Waals surface area (Å²) < 4.78 is 21.3. The van der Waals surface area contributed by atoms with Crippen LogP contribution in [0.3, 0.4) is 0 Å². The molecule has 0 aliphatic carbocycles. The standard InChI is InChI=1S/C24H26FN5O2S/c1-32-16-15-29-13-6-10-20(29)23-22(19-9-4-5-12-26-19)28-24(33)30(23)14-11-21(31)27-18-8-3-2-7-17(18)25/h2-10,12-13,22-23H,11,14-16H2,1H3,(H,27,31)(H,28,33). The zero-order valence-electron chi connectivity index (χ0n) is 18.3. The topological polar surface area (TPSA) is 71.4 Å². The zero-order chi connectivity index (χ0) is 23.2. The second-order valence-electron chi connectivity index (χ2n) is 7.72. The molecule has 3 aromatic rings. The van der Waals surface area contributed by atoms with Gasteiger partial charge in [0.05, 0.1) is 30.1 Å². The maximum absolute atomic E-state index is 13.9. The Hall–Kier alpha value is -3.30. The lowest BCUT2D eigenvalue weighted by atomic mass is 10.0. The number of nitrogens with one attached hydrogen (secondary N) is 2. The molecule has 3 heterocycles. The fourth-order valence-corrected chi connectivity index (χ4v) is 4.39. The van der Waals surface area contributed by atoms with Gasteiger partial charge in [0.2, 0.25) is 5.91 Å². The molecule has 1 aliphatic rings. The first kappa shape index (κ1) is 22.9. The van der Waals surface area contributed by atoms with Gasteiger partial charge in [-0.25, -0.2) is 4.39 Å². The molecule has 0 saturated carbocycles. The van der Waals surface area contributed by atoms with Gasteiger partial charge in [-0.15, -0.1) is 0 Å². The summed E-state index contributed by atoms with van der Waals surface area (Å²) in [5.41, 5.74) is 2.08. The summed E-state index contributed by atoms with van der Waals surface area (Å²) in [5.74, 6) is -0.744. The van der Waals surface area contributed by atoms with E-state index in [4.69, 9.17) is 17.0 Å². The van der Waals surface area contributed by atoms with E-state index in [-0.39, 0.29) is 30.1 Å². The minimum atomic E-state index is -0.465. The molecule has 2 atom stereocenters. The molecule has 0 bridgehead atoms. The Morgan fingerprint density at radius 1 is 1.18 bits per heavy atom. The minimum Gasteiger partial charge on any atom is -0.383 e. The molecule has 0 radical (unpaired) electrons. The van der Waals surface area contributed by atoms with Crippen molar-refractivity contribution in [3.63, 3.8) is 0 Å². The van der Waals surface area contributed by atoms with Crippen molar-refractivity contribution in [2.75, 3.05) is 25.6 Å². The average molecular weight is 468 g/mol. The molecule has 1 amide bonds. The van der Waals surface area contributed by atoms with Gasteiger partial charge in [-0.2, -0.15) is 0 Å². The number of carbonyl (C=O) groups excluding carboxylic acids is 1. The lowest BCUT2D eigenvalue weighted by molar-refractivity contribution is -0.116. The summed E-state index contributed by atoms with van der Waals surface area (Å²) in [6.45, 7) is 1.64. The van der Waals surface area contributed by atoms with Crippen molar-refractivity contribution < 1.29 is 13.9 Å². The number of halogens is 1. The van der Waals surface area contributed by atoms with Crippen LogP contribution in [0.25, 0.3) is 0 Å². The molecular formula is C24H26FN5O2S. The number of carbonyl (C=O) groups is 1. The molecule has 1 aliphatic heterocycles. The fraction of sp³-hybridized carbons (Fsp3) is 0.292. The molecule has 2 N–H and O–H groups in total. The number of hydrogen-bond donors (Lipinski definition) is 2. The molecule has 2 aromatic heterocycles. The van der Waals surface area contributed by atoms with Crippen molar-refractivity contribution in [1.29, 1.82) is 0 Å². The first-order valence-electron chi connectivity index (χ1n) is 10.7. The highest BCUT2D eigenvalue weighted by molar-refractivity contribution is 7.80. The maximum Gasteiger partial charge on any atom is 0.226 e. The monoisotopic (exact) mass is 467 g/mol. The molecule has 9 heteroatoms. The Kier molecular flexibility index (Phi) is 7.31. The smallest absolute Gasteiger partial charge is 0.226 e. The molecule has 1 fully saturated rings. The van der Waals surface area contributed by atoms with Gasteiger partial charge in [0, 0.05) is 44.7 Å². The summed E-state index contributed by atoms with van der Waals surface area (Å²) in [6, 6.07) is 15.6. The predicted molar refractivity (Wildman–Crippen MR) is 128 cm³/mol. The Labute approximate surface area is 197 Å². The number of thiocarbonyl (C=S) groups is 1. The van der Waals surface area contributed by atoms with Crippen molar-refractivity contribution in [2.45, 2.75) is 25.0 Å². The normalized spacial score (nSPS) is 17.8. The van der Waals surface area contributed by atoms with Crippen molar-refractivity contribution >= 4 is 28.9 Å². The molecule has 1 aromatic carbocycles. The molecule has 2 unspecified atom stereocenters. The van der Waals surface area contributed by atoms with Crippen LogP contribution < -0.4 is 10.6 Å². The van der Waals surface area contributed by atoms with Crippen molar-refractivity contribution in [3.05, 3.63) is 84.2 Å². The number of benzene rings is 1. The number of ether oxygens (including phenoxy) is 1. The van der Waals surface area contributed by atoms with Crippen LogP contribution in [0.15, 0.2) is 67.0 Å². The van der Waals surface area contributed by atoms with Crippen LogP contribution in [0.1, 0.15) is 29.9 Å². The van der Waals surface area contributed by atoms with Crippen molar-refractivity contribution in [3.8, 4) is 0 Å². The fourth-order valence-electron chi connectivity index (χ4n) is 4.05. The van der Waals surface area contributed by atoms with Gasteiger partial charge in [0.25, 0.3) is 0 Å². The summed E-state index contributed by atoms with van der Waals surface area (Å²) in [6.07, 6.45) is 3.92. The number of anilines is 1. The maximum atomic E-state index is 13.9. The molecule has 1 saturated heterocycles. The highest BCUT2D eigenvalue weighted by Gasteiger charge is 2.41. The van der Waals surface area contributed by atoms with E-state index in [2.05, 4.69) is 26.3 Å². The van der Waals surface area contributed by atoms with Crippen LogP contribution in [0, 0.1) is 5.82 Å². The Morgan fingerprint density at radius 2 is 2.00 bits per heavy atom. The van der Waals surface area contributed by atoms with Crippen LogP contribution in [0.2, 0.25) is 0 Å².